The second-order valence-corrected chi connectivity index (χ2v) is 8.75. The number of ether oxygens (including phenoxy) is 1. The Labute approximate surface area is 207 Å². The van der Waals surface area contributed by atoms with Crippen LogP contribution >= 0.6 is 0 Å². The van der Waals surface area contributed by atoms with Crippen molar-refractivity contribution in [3.8, 4) is 0 Å². The lowest BCUT2D eigenvalue weighted by atomic mass is 9.99. The van der Waals surface area contributed by atoms with E-state index in [1.165, 1.54) is 16.8 Å². The van der Waals surface area contributed by atoms with Crippen LogP contribution in [0.4, 0.5) is 0 Å². The molecule has 0 atom stereocenters. The van der Waals surface area contributed by atoms with Crippen LogP contribution in [0.1, 0.15) is 18.1 Å². The Bertz CT molecular complexity index is 1230. The van der Waals surface area contributed by atoms with Crippen molar-refractivity contribution in [2.75, 3.05) is 14.1 Å². The lowest BCUT2D eigenvalue weighted by molar-refractivity contribution is -2.00. The number of rotatable bonds is 3. The highest BCUT2D eigenvalue weighted by Crippen LogP contribution is 2.32. The summed E-state index contributed by atoms with van der Waals surface area (Å²) in [5.41, 5.74) is 6.91. The molecule has 35 heavy (non-hydrogen) atoms. The van der Waals surface area contributed by atoms with E-state index in [2.05, 4.69) is 105 Å². The average Bonchev–Trinajstić information content (AvgIpc) is 2.84. The number of allylic oxidation sites excluding steroid dienone is 10. The molecule has 0 fully saturated rings. The molecule has 2 aromatic rings. The van der Waals surface area contributed by atoms with Gasteiger partial charge in [0.05, 0.1) is 0 Å². The van der Waals surface area contributed by atoms with Crippen LogP contribution in [0.25, 0.3) is 11.3 Å². The summed E-state index contributed by atoms with van der Waals surface area (Å²) in [5.74, 6) is 1.70. The first-order valence-corrected chi connectivity index (χ1v) is 12.0. The van der Waals surface area contributed by atoms with E-state index in [-0.39, 0.29) is 0 Å². The Hall–Kier alpha value is -3.52. The normalized spacial score (nSPS) is 16.1. The second-order valence-electron chi connectivity index (χ2n) is 7.99. The van der Waals surface area contributed by atoms with Crippen molar-refractivity contribution < 1.29 is 38.2 Å². The summed E-state index contributed by atoms with van der Waals surface area (Å²) in [4.78, 5) is 0. The van der Waals surface area contributed by atoms with Crippen LogP contribution in [0.5, 0.6) is 0 Å². The highest BCUT2D eigenvalue weighted by Gasteiger charge is 2.15. The molecule has 2 aliphatic rings. The molecule has 7 heteroatoms. The SMILES string of the molecule is CC(/C=C1\C=C(c2ccccc2)C=C(c2ccccc2)O1)=C1C=CC(=[N+](C)C)C=C1.[O-][Cl+3]([O-])([O-])[O-]. The Morgan fingerprint density at radius 1 is 0.771 bits per heavy atom. The van der Waals surface area contributed by atoms with E-state index in [0.717, 1.165) is 28.2 Å². The summed E-state index contributed by atoms with van der Waals surface area (Å²) in [6.07, 6.45) is 14.9. The maximum atomic E-state index is 8.49. The summed E-state index contributed by atoms with van der Waals surface area (Å²) < 4.78 is 42.4. The predicted molar refractivity (Wildman–Crippen MR) is 126 cm³/mol. The first-order chi connectivity index (χ1) is 16.6. The molecule has 0 amide bonds. The van der Waals surface area contributed by atoms with E-state index >= 15 is 0 Å². The molecule has 1 heterocycles. The lowest BCUT2D eigenvalue weighted by Gasteiger charge is -2.19. The average molecular weight is 492 g/mol. The highest BCUT2D eigenvalue weighted by atomic mass is 35.7. The molecule has 0 spiro atoms. The van der Waals surface area contributed by atoms with Crippen molar-refractivity contribution >= 4 is 17.0 Å². The van der Waals surface area contributed by atoms with Crippen molar-refractivity contribution in [3.63, 3.8) is 0 Å². The fourth-order valence-corrected chi connectivity index (χ4v) is 3.45. The van der Waals surface area contributed by atoms with Crippen LogP contribution in [0.3, 0.4) is 0 Å². The van der Waals surface area contributed by atoms with Crippen molar-refractivity contribution in [2.24, 2.45) is 0 Å². The van der Waals surface area contributed by atoms with Crippen molar-refractivity contribution in [1.82, 2.24) is 0 Å². The van der Waals surface area contributed by atoms with E-state index < -0.39 is 10.2 Å². The minimum Gasteiger partial charge on any atom is -0.457 e. The van der Waals surface area contributed by atoms with Gasteiger partial charge < -0.3 is 4.74 Å². The minimum atomic E-state index is -4.94. The number of hydrogen-bond donors (Lipinski definition) is 0. The molecule has 2 aromatic carbocycles. The van der Waals surface area contributed by atoms with Gasteiger partial charge in [0.2, 0.25) is 0 Å². The smallest absolute Gasteiger partial charge is 0.199 e. The van der Waals surface area contributed by atoms with E-state index in [0.29, 0.717) is 0 Å². The van der Waals surface area contributed by atoms with Gasteiger partial charge in [0.15, 0.2) is 5.71 Å². The zero-order valence-electron chi connectivity index (χ0n) is 19.7. The second kappa shape index (κ2) is 11.8. The van der Waals surface area contributed by atoms with Crippen LogP contribution in [0.2, 0.25) is 0 Å². The molecule has 0 aromatic heterocycles. The Morgan fingerprint density at radius 2 is 1.29 bits per heavy atom. The van der Waals surface area contributed by atoms with Gasteiger partial charge in [-0.15, -0.1) is 10.2 Å². The van der Waals surface area contributed by atoms with Gasteiger partial charge in [-0.2, -0.15) is 0 Å². The Kier molecular flexibility index (Phi) is 8.76. The van der Waals surface area contributed by atoms with Crippen LogP contribution in [0.15, 0.2) is 120 Å². The van der Waals surface area contributed by atoms with Gasteiger partial charge >= 0.3 is 0 Å². The molecular weight excluding hydrogens is 466 g/mol. The summed E-state index contributed by atoms with van der Waals surface area (Å²) in [6.45, 7) is 2.12. The Balaban J connectivity index is 0.000000623. The molecule has 180 valence electrons. The van der Waals surface area contributed by atoms with Crippen LogP contribution in [-0.2, 0) is 4.74 Å². The minimum absolute atomic E-state index is 0.837. The van der Waals surface area contributed by atoms with Crippen LogP contribution in [-0.4, -0.2) is 24.4 Å². The maximum Gasteiger partial charge on any atom is 0.199 e. The highest BCUT2D eigenvalue weighted by molar-refractivity contribution is 6.02. The molecule has 0 bridgehead atoms. The van der Waals surface area contributed by atoms with Gasteiger partial charge in [0.25, 0.3) is 0 Å². The van der Waals surface area contributed by atoms with Gasteiger partial charge in [-0.1, -0.05) is 60.7 Å². The van der Waals surface area contributed by atoms with Gasteiger partial charge in [0.1, 0.15) is 25.6 Å². The molecule has 0 saturated carbocycles. The standard InChI is InChI=1S/C28H26NO.ClHO4/c1-21(22-14-16-26(17-15-22)29(2)3)18-27-19-25(23-10-6-4-7-11-23)20-28(30-27)24-12-8-5-9-13-24;2-1(3,4)5/h4-20H,1-3H3;(H,2,3,4,5)/q+1;/p-1/b27-18+;. The quantitative estimate of drug-likeness (QED) is 0.604. The zero-order chi connectivity index (χ0) is 25.4. The molecule has 0 unspecified atom stereocenters. The Morgan fingerprint density at radius 3 is 1.80 bits per heavy atom. The molecule has 1 aliphatic heterocycles. The first kappa shape index (κ1) is 26.1. The third-order valence-electron chi connectivity index (χ3n) is 5.18. The van der Waals surface area contributed by atoms with Crippen molar-refractivity contribution in [1.29, 1.82) is 0 Å². The third kappa shape index (κ3) is 8.33. The van der Waals surface area contributed by atoms with E-state index in [9.17, 15) is 0 Å². The molecule has 1 aliphatic carbocycles. The third-order valence-corrected chi connectivity index (χ3v) is 5.18. The molecule has 4 rings (SSSR count). The maximum absolute atomic E-state index is 8.49. The monoisotopic (exact) mass is 491 g/mol. The van der Waals surface area contributed by atoms with Gasteiger partial charge in [0, 0.05) is 17.7 Å². The van der Waals surface area contributed by atoms with Crippen molar-refractivity contribution in [2.45, 2.75) is 6.92 Å². The fraction of sp³-hybridized carbons (Fsp3) is 0.107. The molecule has 0 radical (unpaired) electrons. The van der Waals surface area contributed by atoms with E-state index in [1.807, 2.05) is 24.3 Å². The number of hydrogen-bond acceptors (Lipinski definition) is 5. The zero-order valence-corrected chi connectivity index (χ0v) is 20.4. The van der Waals surface area contributed by atoms with Gasteiger partial charge in [-0.25, -0.2) is 23.2 Å². The van der Waals surface area contributed by atoms with Crippen LogP contribution in [0, 0.1) is 10.2 Å². The summed E-state index contributed by atoms with van der Waals surface area (Å²) in [6, 6.07) is 20.7. The van der Waals surface area contributed by atoms with Gasteiger partial charge in [-0.3, -0.25) is 0 Å². The summed E-state index contributed by atoms with van der Waals surface area (Å²) >= 11 is 0. The van der Waals surface area contributed by atoms with Crippen molar-refractivity contribution in [3.05, 3.63) is 131 Å². The fourth-order valence-electron chi connectivity index (χ4n) is 3.45. The molecule has 0 saturated heterocycles. The number of nitrogens with zero attached hydrogens (tertiary/aromatic N) is 1. The molecular formula is C28H26ClNO5. The number of halogens is 1. The topological polar surface area (TPSA) is 104 Å². The van der Waals surface area contributed by atoms with Gasteiger partial charge in [-0.05, 0) is 59.6 Å². The van der Waals surface area contributed by atoms with Crippen LogP contribution < -0.4 is 18.6 Å². The summed E-state index contributed by atoms with van der Waals surface area (Å²) in [5, 5.41) is 0. The van der Waals surface area contributed by atoms with E-state index in [4.69, 9.17) is 23.4 Å². The largest absolute Gasteiger partial charge is 0.457 e. The predicted octanol–water partition coefficient (Wildman–Crippen LogP) is 1.42. The van der Waals surface area contributed by atoms with E-state index in [1.54, 1.807) is 0 Å². The summed E-state index contributed by atoms with van der Waals surface area (Å²) in [7, 11) is -0.840. The number of benzene rings is 2. The molecule has 0 N–H and O–H groups in total. The molecule has 6 nitrogen and oxygen atoms in total. The first-order valence-electron chi connectivity index (χ1n) is 10.8. The lowest BCUT2D eigenvalue weighted by Crippen LogP contribution is -2.68.